The summed E-state index contributed by atoms with van der Waals surface area (Å²) in [7, 11) is 0. The largest absolute Gasteiger partial charge is 0.337 e. The second-order valence-electron chi connectivity index (χ2n) is 7.22. The molecule has 1 aromatic rings. The predicted octanol–water partition coefficient (Wildman–Crippen LogP) is 1.36. The SMILES string of the molecule is CCN1C(=O)C2CC3(CCN(C(=O)c4ccccn4)CC3)CN2C1=O. The second kappa shape index (κ2) is 5.82. The van der Waals surface area contributed by atoms with Crippen LogP contribution in [0.2, 0.25) is 0 Å². The Labute approximate surface area is 146 Å². The summed E-state index contributed by atoms with van der Waals surface area (Å²) in [6, 6.07) is 4.89. The van der Waals surface area contributed by atoms with E-state index in [0.717, 1.165) is 19.3 Å². The Morgan fingerprint density at radius 1 is 1.28 bits per heavy atom. The molecule has 132 valence electrons. The number of hydrogen-bond donors (Lipinski definition) is 0. The number of urea groups is 1. The zero-order valence-electron chi connectivity index (χ0n) is 14.4. The van der Waals surface area contributed by atoms with E-state index in [1.54, 1.807) is 23.2 Å². The van der Waals surface area contributed by atoms with E-state index in [0.29, 0.717) is 31.9 Å². The third kappa shape index (κ3) is 2.49. The molecule has 0 saturated carbocycles. The van der Waals surface area contributed by atoms with Gasteiger partial charge in [-0.15, -0.1) is 0 Å². The number of carbonyl (C=O) groups excluding carboxylic acids is 3. The lowest BCUT2D eigenvalue weighted by Crippen LogP contribution is -2.45. The first-order valence-electron chi connectivity index (χ1n) is 8.87. The molecule has 1 atom stereocenters. The first-order valence-corrected chi connectivity index (χ1v) is 8.87. The van der Waals surface area contributed by atoms with Crippen LogP contribution in [0.3, 0.4) is 0 Å². The Morgan fingerprint density at radius 2 is 2.04 bits per heavy atom. The van der Waals surface area contributed by atoms with Crippen LogP contribution in [0.4, 0.5) is 4.79 Å². The van der Waals surface area contributed by atoms with Gasteiger partial charge >= 0.3 is 6.03 Å². The number of piperidine rings is 1. The van der Waals surface area contributed by atoms with E-state index in [2.05, 4.69) is 4.98 Å². The van der Waals surface area contributed by atoms with Gasteiger partial charge in [0.1, 0.15) is 11.7 Å². The Hall–Kier alpha value is -2.44. The first-order chi connectivity index (χ1) is 12.0. The lowest BCUT2D eigenvalue weighted by molar-refractivity contribution is -0.128. The predicted molar refractivity (Wildman–Crippen MR) is 89.7 cm³/mol. The van der Waals surface area contributed by atoms with Crippen LogP contribution in [0, 0.1) is 5.41 Å². The number of aromatic nitrogens is 1. The molecule has 3 saturated heterocycles. The fourth-order valence-corrected chi connectivity index (χ4v) is 4.40. The van der Waals surface area contributed by atoms with Crippen molar-refractivity contribution in [3.05, 3.63) is 30.1 Å². The zero-order valence-corrected chi connectivity index (χ0v) is 14.4. The fraction of sp³-hybridized carbons (Fsp3) is 0.556. The lowest BCUT2D eigenvalue weighted by atomic mass is 9.76. The van der Waals surface area contributed by atoms with E-state index in [9.17, 15) is 14.4 Å². The molecule has 4 rings (SSSR count). The molecule has 3 fully saturated rings. The van der Waals surface area contributed by atoms with Crippen molar-refractivity contribution in [2.45, 2.75) is 32.2 Å². The topological polar surface area (TPSA) is 73.8 Å². The molecule has 0 bridgehead atoms. The molecular weight excluding hydrogens is 320 g/mol. The van der Waals surface area contributed by atoms with E-state index in [1.807, 2.05) is 17.9 Å². The van der Waals surface area contributed by atoms with Crippen LogP contribution < -0.4 is 0 Å². The molecule has 25 heavy (non-hydrogen) atoms. The molecule has 7 heteroatoms. The Morgan fingerprint density at radius 3 is 2.64 bits per heavy atom. The Bertz CT molecular complexity index is 686. The van der Waals surface area contributed by atoms with Crippen molar-refractivity contribution in [1.29, 1.82) is 0 Å². The van der Waals surface area contributed by atoms with Crippen molar-refractivity contribution in [1.82, 2.24) is 19.7 Å². The average Bonchev–Trinajstić information content (AvgIpc) is 3.11. The quantitative estimate of drug-likeness (QED) is 0.761. The number of pyridine rings is 1. The van der Waals surface area contributed by atoms with Gasteiger partial charge in [-0.05, 0) is 43.7 Å². The van der Waals surface area contributed by atoms with Gasteiger partial charge in [-0.3, -0.25) is 19.5 Å². The van der Waals surface area contributed by atoms with Crippen LogP contribution in [0.5, 0.6) is 0 Å². The van der Waals surface area contributed by atoms with Gasteiger partial charge < -0.3 is 9.80 Å². The van der Waals surface area contributed by atoms with Gasteiger partial charge in [-0.2, -0.15) is 0 Å². The minimum atomic E-state index is -0.300. The normalized spacial score (nSPS) is 25.0. The van der Waals surface area contributed by atoms with Crippen molar-refractivity contribution in [2.75, 3.05) is 26.2 Å². The van der Waals surface area contributed by atoms with E-state index in [1.165, 1.54) is 4.90 Å². The number of hydrogen-bond acceptors (Lipinski definition) is 4. The summed E-state index contributed by atoms with van der Waals surface area (Å²) in [4.78, 5) is 46.3. The highest BCUT2D eigenvalue weighted by Crippen LogP contribution is 2.46. The van der Waals surface area contributed by atoms with Gasteiger partial charge in [0.25, 0.3) is 11.8 Å². The highest BCUT2D eigenvalue weighted by molar-refractivity contribution is 6.04. The summed E-state index contributed by atoms with van der Waals surface area (Å²) in [5, 5.41) is 0. The van der Waals surface area contributed by atoms with Gasteiger partial charge in [0.15, 0.2) is 0 Å². The van der Waals surface area contributed by atoms with Crippen LogP contribution in [-0.2, 0) is 4.79 Å². The molecule has 3 aliphatic heterocycles. The molecule has 0 aliphatic carbocycles. The number of carbonyl (C=O) groups is 3. The van der Waals surface area contributed by atoms with Crippen LogP contribution >= 0.6 is 0 Å². The van der Waals surface area contributed by atoms with E-state index in [-0.39, 0.29) is 29.3 Å². The van der Waals surface area contributed by atoms with E-state index < -0.39 is 0 Å². The summed E-state index contributed by atoms with van der Waals surface area (Å²) in [6.07, 6.45) is 4.00. The maximum atomic E-state index is 12.5. The van der Waals surface area contributed by atoms with Crippen LogP contribution in [0.1, 0.15) is 36.7 Å². The van der Waals surface area contributed by atoms with Crippen molar-refractivity contribution >= 4 is 17.8 Å². The minimum Gasteiger partial charge on any atom is -0.337 e. The number of likely N-dealkylation sites (tertiary alicyclic amines) is 1. The third-order valence-electron chi connectivity index (χ3n) is 5.85. The van der Waals surface area contributed by atoms with Gasteiger partial charge in [-0.25, -0.2) is 4.79 Å². The van der Waals surface area contributed by atoms with E-state index >= 15 is 0 Å². The van der Waals surface area contributed by atoms with Gasteiger partial charge in [0, 0.05) is 32.4 Å². The Balaban J connectivity index is 1.42. The van der Waals surface area contributed by atoms with Gasteiger partial charge in [0.05, 0.1) is 0 Å². The number of amides is 4. The molecule has 1 aromatic heterocycles. The molecule has 1 unspecified atom stereocenters. The summed E-state index contributed by atoms with van der Waals surface area (Å²) in [5.41, 5.74) is 0.436. The van der Waals surface area contributed by atoms with Crippen LogP contribution in [-0.4, -0.2) is 69.8 Å². The minimum absolute atomic E-state index is 0.0310. The summed E-state index contributed by atoms with van der Waals surface area (Å²) < 4.78 is 0. The number of rotatable bonds is 2. The number of nitrogens with zero attached hydrogens (tertiary/aromatic N) is 4. The van der Waals surface area contributed by atoms with E-state index in [4.69, 9.17) is 0 Å². The molecule has 4 amide bonds. The third-order valence-corrected chi connectivity index (χ3v) is 5.85. The van der Waals surface area contributed by atoms with Crippen LogP contribution in [0.25, 0.3) is 0 Å². The Kier molecular flexibility index (Phi) is 3.74. The van der Waals surface area contributed by atoms with Gasteiger partial charge in [-0.1, -0.05) is 6.07 Å². The second-order valence-corrected chi connectivity index (χ2v) is 7.22. The molecule has 4 heterocycles. The van der Waals surface area contributed by atoms with Crippen molar-refractivity contribution in [2.24, 2.45) is 5.41 Å². The maximum absolute atomic E-state index is 12.5. The molecule has 7 nitrogen and oxygen atoms in total. The number of likely N-dealkylation sites (N-methyl/N-ethyl adjacent to an activating group) is 1. The summed E-state index contributed by atoms with van der Waals surface area (Å²) >= 11 is 0. The van der Waals surface area contributed by atoms with Crippen molar-refractivity contribution < 1.29 is 14.4 Å². The number of imide groups is 1. The monoisotopic (exact) mass is 342 g/mol. The highest BCUT2D eigenvalue weighted by Gasteiger charge is 2.56. The summed E-state index contributed by atoms with van der Waals surface area (Å²) in [5.74, 6) is -0.102. The summed E-state index contributed by atoms with van der Waals surface area (Å²) in [6.45, 7) is 4.19. The lowest BCUT2D eigenvalue weighted by Gasteiger charge is -2.39. The average molecular weight is 342 g/mol. The van der Waals surface area contributed by atoms with Gasteiger partial charge in [0.2, 0.25) is 0 Å². The highest BCUT2D eigenvalue weighted by atomic mass is 16.2. The fourth-order valence-electron chi connectivity index (χ4n) is 4.40. The maximum Gasteiger partial charge on any atom is 0.327 e. The van der Waals surface area contributed by atoms with Crippen molar-refractivity contribution in [3.63, 3.8) is 0 Å². The molecule has 3 aliphatic rings. The van der Waals surface area contributed by atoms with Crippen molar-refractivity contribution in [3.8, 4) is 0 Å². The smallest absolute Gasteiger partial charge is 0.327 e. The standard InChI is InChI=1S/C18H22N4O3/c1-2-21-16(24)14-11-18(12-22(14)17(21)25)6-9-20(10-7-18)15(23)13-5-3-4-8-19-13/h3-5,8,14H,2,6-7,9-12H2,1H3. The molecular formula is C18H22N4O3. The molecule has 0 aromatic carbocycles. The molecule has 0 N–H and O–H groups in total. The van der Waals surface area contributed by atoms with Crippen LogP contribution in [0.15, 0.2) is 24.4 Å². The number of fused-ring (bicyclic) bond motifs is 1. The molecule has 0 radical (unpaired) electrons. The molecule has 1 spiro atoms. The first kappa shape index (κ1) is 16.1. The zero-order chi connectivity index (χ0) is 17.6.